The van der Waals surface area contributed by atoms with Crippen LogP contribution in [0.5, 0.6) is 0 Å². The second-order valence-electron chi connectivity index (χ2n) is 11.6. The monoisotopic (exact) mass is 616 g/mol. The number of aliphatic hydroxyl groups is 1. The van der Waals surface area contributed by atoms with Crippen LogP contribution in [0, 0.1) is 6.92 Å². The van der Waals surface area contributed by atoms with Gasteiger partial charge in [0, 0.05) is 30.3 Å². The molecular weight excluding hydrogens is 576 g/mol. The van der Waals surface area contributed by atoms with Crippen molar-refractivity contribution in [2.45, 2.75) is 70.1 Å². The van der Waals surface area contributed by atoms with E-state index in [1.165, 1.54) is 23.6 Å². The molecule has 3 unspecified atom stereocenters. The first-order valence-electron chi connectivity index (χ1n) is 14.6. The number of thioether (sulfide) groups is 1. The van der Waals surface area contributed by atoms with Crippen molar-refractivity contribution in [2.24, 2.45) is 0 Å². The average Bonchev–Trinajstić information content (AvgIpc) is 3.33. The maximum absolute atomic E-state index is 13.9. The molecule has 9 nitrogen and oxygen atoms in total. The zero-order valence-corrected chi connectivity index (χ0v) is 26.3. The van der Waals surface area contributed by atoms with Gasteiger partial charge in [0.2, 0.25) is 11.8 Å². The minimum atomic E-state index is -1.60. The van der Waals surface area contributed by atoms with E-state index in [2.05, 4.69) is 16.0 Å². The molecule has 0 aliphatic carbocycles. The summed E-state index contributed by atoms with van der Waals surface area (Å²) in [5, 5.41) is 20.0. The summed E-state index contributed by atoms with van der Waals surface area (Å²) >= 11 is 1.47. The van der Waals surface area contributed by atoms with Crippen LogP contribution in [0.15, 0.2) is 78.9 Å². The predicted octanol–water partition coefficient (Wildman–Crippen LogP) is 3.33. The van der Waals surface area contributed by atoms with Gasteiger partial charge in [-0.1, -0.05) is 66.7 Å². The summed E-state index contributed by atoms with van der Waals surface area (Å²) in [6, 6.07) is 22.0. The van der Waals surface area contributed by atoms with Gasteiger partial charge in [0.05, 0.1) is 11.9 Å². The molecule has 3 aromatic rings. The normalized spacial score (nSPS) is 16.9. The van der Waals surface area contributed by atoms with Gasteiger partial charge >= 0.3 is 0 Å². The van der Waals surface area contributed by atoms with E-state index in [4.69, 9.17) is 0 Å². The van der Waals surface area contributed by atoms with Crippen molar-refractivity contribution in [1.29, 1.82) is 0 Å². The fourth-order valence-electron chi connectivity index (χ4n) is 5.20. The molecule has 10 heteroatoms. The molecule has 1 heterocycles. The second-order valence-corrected chi connectivity index (χ2v) is 13.2. The Bertz CT molecular complexity index is 1480. The smallest absolute Gasteiger partial charge is 0.254 e. The third-order valence-corrected chi connectivity index (χ3v) is 9.17. The standard InChI is InChI=1S/C34H40N4O5S/c1-22-10-8-9-13-27(22)20-36-32(42)30-34(3,4)44-21-38(30)33(43)29(40)28(18-24-11-6-5-7-12-24)37-31(41)26-16-14-25(15-17-26)19-35-23(2)39/h5-17,28-30,40H,18-21H2,1-4H3,(H,35,39)(H,36,42)(H,37,41). The molecule has 3 aromatic carbocycles. The minimum Gasteiger partial charge on any atom is -0.381 e. The first-order chi connectivity index (χ1) is 21.0. The Morgan fingerprint density at radius 2 is 1.57 bits per heavy atom. The number of carbonyl (C=O) groups is 4. The van der Waals surface area contributed by atoms with Gasteiger partial charge in [-0.05, 0) is 61.6 Å². The van der Waals surface area contributed by atoms with Crippen LogP contribution < -0.4 is 16.0 Å². The molecule has 1 fully saturated rings. The van der Waals surface area contributed by atoms with Crippen molar-refractivity contribution in [2.75, 3.05) is 5.88 Å². The van der Waals surface area contributed by atoms with E-state index in [0.29, 0.717) is 18.7 Å². The van der Waals surface area contributed by atoms with E-state index in [9.17, 15) is 24.3 Å². The van der Waals surface area contributed by atoms with E-state index in [0.717, 1.165) is 22.3 Å². The molecule has 44 heavy (non-hydrogen) atoms. The Morgan fingerprint density at radius 3 is 2.23 bits per heavy atom. The summed E-state index contributed by atoms with van der Waals surface area (Å²) in [6.45, 7) is 7.89. The molecule has 4 rings (SSSR count). The van der Waals surface area contributed by atoms with Crippen molar-refractivity contribution in [3.63, 3.8) is 0 Å². The van der Waals surface area contributed by atoms with Gasteiger partial charge in [-0.3, -0.25) is 19.2 Å². The molecule has 4 amide bonds. The van der Waals surface area contributed by atoms with Crippen molar-refractivity contribution >= 4 is 35.4 Å². The van der Waals surface area contributed by atoms with Gasteiger partial charge in [-0.2, -0.15) is 0 Å². The van der Waals surface area contributed by atoms with Crippen molar-refractivity contribution < 1.29 is 24.3 Å². The van der Waals surface area contributed by atoms with Gasteiger partial charge in [0.25, 0.3) is 11.8 Å². The highest BCUT2D eigenvalue weighted by atomic mass is 32.2. The summed E-state index contributed by atoms with van der Waals surface area (Å²) in [5.41, 5.74) is 4.04. The fourth-order valence-corrected chi connectivity index (χ4v) is 6.34. The number of aryl methyl sites for hydroxylation is 1. The van der Waals surface area contributed by atoms with Crippen LogP contribution in [0.4, 0.5) is 0 Å². The van der Waals surface area contributed by atoms with Crippen LogP contribution in [-0.4, -0.2) is 62.4 Å². The van der Waals surface area contributed by atoms with Gasteiger partial charge < -0.3 is 26.0 Å². The van der Waals surface area contributed by atoms with E-state index in [1.54, 1.807) is 24.3 Å². The highest BCUT2D eigenvalue weighted by Crippen LogP contribution is 2.40. The Balaban J connectivity index is 1.51. The Hall–Kier alpha value is -4.15. The molecule has 0 spiro atoms. The zero-order chi connectivity index (χ0) is 31.9. The Labute approximate surface area is 262 Å². The molecule has 3 atom stereocenters. The van der Waals surface area contributed by atoms with Crippen molar-refractivity contribution in [3.8, 4) is 0 Å². The summed E-state index contributed by atoms with van der Waals surface area (Å²) in [6.07, 6.45) is -1.39. The zero-order valence-electron chi connectivity index (χ0n) is 25.5. The van der Waals surface area contributed by atoms with E-state index < -0.39 is 34.7 Å². The van der Waals surface area contributed by atoms with E-state index in [1.807, 2.05) is 75.4 Å². The largest absolute Gasteiger partial charge is 0.381 e. The number of nitrogens with one attached hydrogen (secondary N) is 3. The van der Waals surface area contributed by atoms with Crippen LogP contribution in [-0.2, 0) is 33.9 Å². The van der Waals surface area contributed by atoms with E-state index in [-0.39, 0.29) is 24.1 Å². The molecule has 0 bridgehead atoms. The van der Waals surface area contributed by atoms with Crippen LogP contribution in [0.1, 0.15) is 53.4 Å². The SMILES string of the molecule is CC(=O)NCc1ccc(C(=O)NC(Cc2ccccc2)C(O)C(=O)N2CSC(C)(C)C2C(=O)NCc2ccccc2C)cc1. The lowest BCUT2D eigenvalue weighted by molar-refractivity contribution is -0.147. The number of aliphatic hydroxyl groups excluding tert-OH is 1. The first-order valence-corrected chi connectivity index (χ1v) is 15.6. The molecule has 1 aliphatic heterocycles. The highest BCUT2D eigenvalue weighted by molar-refractivity contribution is 8.00. The Kier molecular flexibility index (Phi) is 10.8. The van der Waals surface area contributed by atoms with Gasteiger partial charge in [0.1, 0.15) is 6.04 Å². The van der Waals surface area contributed by atoms with Gasteiger partial charge in [-0.25, -0.2) is 0 Å². The lowest BCUT2D eigenvalue weighted by Crippen LogP contribution is -2.58. The number of nitrogens with zero attached hydrogens (tertiary/aromatic N) is 1. The first kappa shape index (κ1) is 32.8. The lowest BCUT2D eigenvalue weighted by Gasteiger charge is -2.33. The Morgan fingerprint density at radius 1 is 0.909 bits per heavy atom. The predicted molar refractivity (Wildman–Crippen MR) is 172 cm³/mol. The molecular formula is C34H40N4O5S. The maximum atomic E-state index is 13.9. The molecule has 1 saturated heterocycles. The molecule has 1 aliphatic rings. The second kappa shape index (κ2) is 14.5. The fraction of sp³-hybridized carbons (Fsp3) is 0.353. The summed E-state index contributed by atoms with van der Waals surface area (Å²) in [4.78, 5) is 53.4. The number of rotatable bonds is 11. The quantitative estimate of drug-likeness (QED) is 0.262. The number of carbonyl (C=O) groups excluding carboxylic acids is 4. The molecule has 4 N–H and O–H groups in total. The summed E-state index contributed by atoms with van der Waals surface area (Å²) < 4.78 is -0.595. The maximum Gasteiger partial charge on any atom is 0.254 e. The van der Waals surface area contributed by atoms with Crippen molar-refractivity contribution in [3.05, 3.63) is 107 Å². The van der Waals surface area contributed by atoms with E-state index >= 15 is 0 Å². The number of hydrogen-bond acceptors (Lipinski definition) is 6. The lowest BCUT2D eigenvalue weighted by atomic mass is 9.96. The van der Waals surface area contributed by atoms with Crippen LogP contribution >= 0.6 is 11.8 Å². The van der Waals surface area contributed by atoms with Gasteiger partial charge in [0.15, 0.2) is 6.10 Å². The molecule has 0 aromatic heterocycles. The third kappa shape index (κ3) is 8.27. The topological polar surface area (TPSA) is 128 Å². The third-order valence-electron chi connectivity index (χ3n) is 7.80. The summed E-state index contributed by atoms with van der Waals surface area (Å²) in [5.74, 6) is -1.29. The van der Waals surface area contributed by atoms with Crippen LogP contribution in [0.25, 0.3) is 0 Å². The van der Waals surface area contributed by atoms with Crippen LogP contribution in [0.2, 0.25) is 0 Å². The van der Waals surface area contributed by atoms with Crippen LogP contribution in [0.3, 0.4) is 0 Å². The average molecular weight is 617 g/mol. The molecule has 232 valence electrons. The number of amides is 4. The van der Waals surface area contributed by atoms with Gasteiger partial charge in [-0.15, -0.1) is 11.8 Å². The number of benzene rings is 3. The minimum absolute atomic E-state index is 0.153. The molecule has 0 radical (unpaired) electrons. The number of hydrogen-bond donors (Lipinski definition) is 4. The molecule has 0 saturated carbocycles. The van der Waals surface area contributed by atoms with Crippen molar-refractivity contribution in [1.82, 2.24) is 20.9 Å². The highest BCUT2D eigenvalue weighted by Gasteiger charge is 2.49. The summed E-state index contributed by atoms with van der Waals surface area (Å²) in [7, 11) is 0.